The molecular formula is C8H7F3N2O3. The minimum atomic E-state index is -4.63. The molecule has 0 amide bonds. The summed E-state index contributed by atoms with van der Waals surface area (Å²) < 4.78 is 38.2. The van der Waals surface area contributed by atoms with E-state index in [0.717, 1.165) is 0 Å². The standard InChI is InChI=1S/C8H7F3N2O3/c9-8(10,11)7(1-2-7)13-5(15)3-4(14)12-6(13)16/h3,15H,1-2H2,(H,12,14,16). The molecule has 1 saturated carbocycles. The van der Waals surface area contributed by atoms with Gasteiger partial charge in [0.2, 0.25) is 5.88 Å². The average molecular weight is 236 g/mol. The third-order valence-corrected chi connectivity index (χ3v) is 2.60. The normalized spacial score (nSPS) is 18.4. The van der Waals surface area contributed by atoms with Crippen molar-refractivity contribution in [3.63, 3.8) is 0 Å². The van der Waals surface area contributed by atoms with Gasteiger partial charge in [0, 0.05) is 0 Å². The second kappa shape index (κ2) is 2.89. The molecule has 2 N–H and O–H groups in total. The predicted octanol–water partition coefficient (Wildman–Crippen LogP) is 0.294. The molecule has 0 aliphatic heterocycles. The predicted molar refractivity (Wildman–Crippen MR) is 46.3 cm³/mol. The first-order valence-corrected chi connectivity index (χ1v) is 4.40. The molecule has 0 bridgehead atoms. The number of rotatable bonds is 1. The van der Waals surface area contributed by atoms with Gasteiger partial charge in [0.15, 0.2) is 0 Å². The van der Waals surface area contributed by atoms with Crippen molar-refractivity contribution < 1.29 is 18.3 Å². The number of aromatic hydroxyl groups is 1. The van der Waals surface area contributed by atoms with E-state index in [-0.39, 0.29) is 17.4 Å². The van der Waals surface area contributed by atoms with Gasteiger partial charge in [0.05, 0.1) is 6.07 Å². The van der Waals surface area contributed by atoms with E-state index in [1.807, 2.05) is 0 Å². The first-order valence-electron chi connectivity index (χ1n) is 4.40. The molecule has 2 rings (SSSR count). The summed E-state index contributed by atoms with van der Waals surface area (Å²) in [6.07, 6.45) is -5.20. The monoisotopic (exact) mass is 236 g/mol. The van der Waals surface area contributed by atoms with Crippen molar-refractivity contribution in [1.29, 1.82) is 0 Å². The molecule has 5 nitrogen and oxygen atoms in total. The number of aromatic nitrogens is 2. The highest BCUT2D eigenvalue weighted by molar-refractivity contribution is 5.17. The molecule has 8 heteroatoms. The molecule has 1 aliphatic carbocycles. The van der Waals surface area contributed by atoms with Crippen molar-refractivity contribution in [3.8, 4) is 5.88 Å². The minimum Gasteiger partial charge on any atom is -0.494 e. The number of aromatic amines is 1. The number of hydrogen-bond acceptors (Lipinski definition) is 3. The zero-order valence-corrected chi connectivity index (χ0v) is 7.84. The van der Waals surface area contributed by atoms with Crippen molar-refractivity contribution in [3.05, 3.63) is 26.9 Å². The molecule has 1 aromatic heterocycles. The Bertz CT molecular complexity index is 539. The topological polar surface area (TPSA) is 75.1 Å². The second-order valence-corrected chi connectivity index (χ2v) is 3.66. The van der Waals surface area contributed by atoms with Crippen LogP contribution in [0.4, 0.5) is 13.2 Å². The summed E-state index contributed by atoms with van der Waals surface area (Å²) in [4.78, 5) is 23.7. The van der Waals surface area contributed by atoms with E-state index < -0.39 is 28.8 Å². The molecule has 0 aromatic carbocycles. The fraction of sp³-hybridized carbons (Fsp3) is 0.500. The number of H-pyrrole nitrogens is 1. The summed E-state index contributed by atoms with van der Waals surface area (Å²) in [5.41, 5.74) is -4.55. The van der Waals surface area contributed by atoms with Crippen molar-refractivity contribution in [1.82, 2.24) is 9.55 Å². The lowest BCUT2D eigenvalue weighted by Gasteiger charge is -2.22. The van der Waals surface area contributed by atoms with Gasteiger partial charge in [0.1, 0.15) is 5.54 Å². The van der Waals surface area contributed by atoms with Crippen molar-refractivity contribution in [2.24, 2.45) is 0 Å². The highest BCUT2D eigenvalue weighted by Gasteiger charge is 2.66. The van der Waals surface area contributed by atoms with Crippen LogP contribution in [-0.2, 0) is 5.54 Å². The van der Waals surface area contributed by atoms with E-state index in [9.17, 15) is 27.9 Å². The molecule has 0 atom stereocenters. The maximum absolute atomic E-state index is 12.7. The molecule has 1 aliphatic rings. The Morgan fingerprint density at radius 2 is 1.94 bits per heavy atom. The second-order valence-electron chi connectivity index (χ2n) is 3.66. The van der Waals surface area contributed by atoms with E-state index in [4.69, 9.17) is 0 Å². The van der Waals surface area contributed by atoms with Gasteiger partial charge in [-0.25, -0.2) is 9.36 Å². The Balaban J connectivity index is 2.67. The molecular weight excluding hydrogens is 229 g/mol. The molecule has 0 radical (unpaired) electrons. The summed E-state index contributed by atoms with van der Waals surface area (Å²) in [7, 11) is 0. The Labute approximate surface area is 86.1 Å². The Kier molecular flexibility index (Phi) is 1.95. The van der Waals surface area contributed by atoms with Crippen LogP contribution in [0.1, 0.15) is 12.8 Å². The van der Waals surface area contributed by atoms with E-state index in [1.54, 1.807) is 4.98 Å². The van der Waals surface area contributed by atoms with Gasteiger partial charge in [0.25, 0.3) is 5.56 Å². The summed E-state index contributed by atoms with van der Waals surface area (Å²) >= 11 is 0. The molecule has 0 saturated heterocycles. The quantitative estimate of drug-likeness (QED) is 0.736. The molecule has 0 spiro atoms. The van der Waals surface area contributed by atoms with Crippen molar-refractivity contribution in [2.75, 3.05) is 0 Å². The van der Waals surface area contributed by atoms with Crippen LogP contribution in [0.25, 0.3) is 0 Å². The number of alkyl halides is 3. The third-order valence-electron chi connectivity index (χ3n) is 2.60. The van der Waals surface area contributed by atoms with Gasteiger partial charge in [-0.15, -0.1) is 0 Å². The average Bonchev–Trinajstić information content (AvgIpc) is 2.81. The molecule has 1 aromatic rings. The first-order chi connectivity index (χ1) is 7.28. The van der Waals surface area contributed by atoms with E-state index in [0.29, 0.717) is 6.07 Å². The lowest BCUT2D eigenvalue weighted by Crippen LogP contribution is -2.43. The molecule has 1 heterocycles. The Morgan fingerprint density at radius 1 is 1.38 bits per heavy atom. The summed E-state index contributed by atoms with van der Waals surface area (Å²) in [5.74, 6) is -0.969. The van der Waals surface area contributed by atoms with Crippen LogP contribution in [0.5, 0.6) is 5.88 Å². The Hall–Kier alpha value is -1.73. The molecule has 1 fully saturated rings. The fourth-order valence-electron chi connectivity index (χ4n) is 1.65. The largest absolute Gasteiger partial charge is 0.494 e. The zero-order valence-electron chi connectivity index (χ0n) is 7.84. The van der Waals surface area contributed by atoms with Crippen LogP contribution in [-0.4, -0.2) is 20.8 Å². The maximum Gasteiger partial charge on any atom is 0.412 e. The smallest absolute Gasteiger partial charge is 0.412 e. The third kappa shape index (κ3) is 1.33. The molecule has 88 valence electrons. The highest BCUT2D eigenvalue weighted by Crippen LogP contribution is 2.55. The molecule has 16 heavy (non-hydrogen) atoms. The first kappa shape index (κ1) is 10.8. The number of nitrogens with zero attached hydrogens (tertiary/aromatic N) is 1. The van der Waals surface area contributed by atoms with Gasteiger partial charge in [-0.05, 0) is 12.8 Å². The lowest BCUT2D eigenvalue weighted by molar-refractivity contribution is -0.182. The Morgan fingerprint density at radius 3 is 2.31 bits per heavy atom. The fourth-order valence-corrected chi connectivity index (χ4v) is 1.65. The number of halogens is 3. The molecule has 0 unspecified atom stereocenters. The zero-order chi connectivity index (χ0) is 12.1. The van der Waals surface area contributed by atoms with Crippen molar-refractivity contribution >= 4 is 0 Å². The van der Waals surface area contributed by atoms with Gasteiger partial charge >= 0.3 is 11.9 Å². The summed E-state index contributed by atoms with van der Waals surface area (Å²) in [6, 6.07) is 0.549. The van der Waals surface area contributed by atoms with Gasteiger partial charge < -0.3 is 5.11 Å². The van der Waals surface area contributed by atoms with Crippen LogP contribution in [0, 0.1) is 0 Å². The highest BCUT2D eigenvalue weighted by atomic mass is 19.4. The van der Waals surface area contributed by atoms with Gasteiger partial charge in [-0.2, -0.15) is 13.2 Å². The van der Waals surface area contributed by atoms with Gasteiger partial charge in [-0.3, -0.25) is 9.78 Å². The van der Waals surface area contributed by atoms with Crippen molar-refractivity contribution in [2.45, 2.75) is 24.6 Å². The van der Waals surface area contributed by atoms with E-state index in [1.165, 1.54) is 0 Å². The van der Waals surface area contributed by atoms with Gasteiger partial charge in [-0.1, -0.05) is 0 Å². The van der Waals surface area contributed by atoms with Crippen LogP contribution >= 0.6 is 0 Å². The minimum absolute atomic E-state index is 0.189. The van der Waals surface area contributed by atoms with E-state index in [2.05, 4.69) is 0 Å². The summed E-state index contributed by atoms with van der Waals surface area (Å²) in [5, 5.41) is 9.25. The lowest BCUT2D eigenvalue weighted by atomic mass is 10.2. The van der Waals surface area contributed by atoms with Crippen LogP contribution in [0.15, 0.2) is 15.7 Å². The SMILES string of the molecule is O=c1cc(O)n(C2(C(F)(F)F)CC2)c(=O)[nH]1. The number of hydrogen-bond donors (Lipinski definition) is 2. The summed E-state index contributed by atoms with van der Waals surface area (Å²) in [6.45, 7) is 0. The van der Waals surface area contributed by atoms with Crippen LogP contribution < -0.4 is 11.2 Å². The maximum atomic E-state index is 12.7. The van der Waals surface area contributed by atoms with Crippen LogP contribution in [0.2, 0.25) is 0 Å². The number of nitrogens with one attached hydrogen (secondary N) is 1. The van der Waals surface area contributed by atoms with Crippen LogP contribution in [0.3, 0.4) is 0 Å². The van der Waals surface area contributed by atoms with E-state index >= 15 is 0 Å².